The molecule has 3 heterocycles. The molecule has 0 spiro atoms. The Morgan fingerprint density at radius 1 is 1.20 bits per heavy atom. The average Bonchev–Trinajstić information content (AvgIpc) is 3.56. The Bertz CT molecular complexity index is 1330. The van der Waals surface area contributed by atoms with Gasteiger partial charge in [-0.1, -0.05) is 0 Å². The van der Waals surface area contributed by atoms with Gasteiger partial charge in [-0.15, -0.1) is 0 Å². The molecular weight excluding hydrogens is 446 g/mol. The molecule has 4 aromatic rings. The normalized spacial score (nSPS) is 15.2. The number of benzene rings is 2. The number of aryl methyl sites for hydroxylation is 1. The Morgan fingerprint density at radius 3 is 2.83 bits per heavy atom. The number of ether oxygens (including phenoxy) is 3. The fourth-order valence-electron chi connectivity index (χ4n) is 4.94. The molecule has 1 atom stereocenters. The van der Waals surface area contributed by atoms with Crippen LogP contribution in [0.2, 0.25) is 0 Å². The van der Waals surface area contributed by atoms with Crippen molar-refractivity contribution < 1.29 is 23.4 Å². The number of amides is 1. The van der Waals surface area contributed by atoms with Gasteiger partial charge in [0.05, 0.1) is 26.9 Å². The van der Waals surface area contributed by atoms with Crippen LogP contribution in [0, 0.1) is 0 Å². The third-order valence-electron chi connectivity index (χ3n) is 6.66. The van der Waals surface area contributed by atoms with Crippen LogP contribution in [0.5, 0.6) is 17.2 Å². The van der Waals surface area contributed by atoms with Crippen molar-refractivity contribution in [1.29, 1.82) is 0 Å². The number of carbonyl (C=O) groups is 1. The van der Waals surface area contributed by atoms with Crippen LogP contribution in [0.1, 0.15) is 46.6 Å². The van der Waals surface area contributed by atoms with Crippen LogP contribution in [0.3, 0.4) is 0 Å². The Labute approximate surface area is 203 Å². The lowest BCUT2D eigenvalue weighted by molar-refractivity contribution is 0.0644. The van der Waals surface area contributed by atoms with Gasteiger partial charge >= 0.3 is 0 Å². The molecule has 35 heavy (non-hydrogen) atoms. The zero-order valence-corrected chi connectivity index (χ0v) is 20.2. The van der Waals surface area contributed by atoms with Gasteiger partial charge < -0.3 is 28.5 Å². The molecule has 8 heteroatoms. The van der Waals surface area contributed by atoms with E-state index in [1.165, 1.54) is 23.8 Å². The molecule has 5 rings (SSSR count). The number of rotatable bonds is 8. The standard InChI is InChI=1S/C27H29N3O5/c1-4-35-26-13-21-17(11-25(26)33-3)9-10-30(27(31)23-15-34-16-29-23)24(21)8-5-18-14-28-22-7-6-19(32-2)12-20(18)22/h6-7,11-16,24,28H,4-5,8-10H2,1-3H3. The van der Waals surface area contributed by atoms with Gasteiger partial charge in [0.1, 0.15) is 12.0 Å². The molecule has 1 N–H and O–H groups in total. The average molecular weight is 476 g/mol. The van der Waals surface area contributed by atoms with Gasteiger partial charge in [-0.2, -0.15) is 0 Å². The largest absolute Gasteiger partial charge is 0.497 e. The van der Waals surface area contributed by atoms with E-state index < -0.39 is 0 Å². The van der Waals surface area contributed by atoms with Crippen molar-refractivity contribution in [2.45, 2.75) is 32.2 Å². The van der Waals surface area contributed by atoms with Crippen LogP contribution in [-0.2, 0) is 12.8 Å². The number of nitrogens with one attached hydrogen (secondary N) is 1. The van der Waals surface area contributed by atoms with Gasteiger partial charge in [-0.25, -0.2) is 4.98 Å². The summed E-state index contributed by atoms with van der Waals surface area (Å²) in [5, 5.41) is 1.12. The second kappa shape index (κ2) is 9.74. The smallest absolute Gasteiger partial charge is 0.276 e. The van der Waals surface area contributed by atoms with Gasteiger partial charge in [-0.05, 0) is 73.2 Å². The highest BCUT2D eigenvalue weighted by Crippen LogP contribution is 2.41. The zero-order valence-electron chi connectivity index (χ0n) is 20.2. The van der Waals surface area contributed by atoms with Crippen molar-refractivity contribution in [2.75, 3.05) is 27.4 Å². The first-order valence-corrected chi connectivity index (χ1v) is 11.8. The van der Waals surface area contributed by atoms with Crippen LogP contribution in [0.15, 0.2) is 53.6 Å². The summed E-state index contributed by atoms with van der Waals surface area (Å²) in [6.07, 6.45) is 6.96. The maximum atomic E-state index is 13.4. The molecule has 2 aromatic carbocycles. The Kier molecular flexibility index (Phi) is 6.35. The number of aromatic nitrogens is 2. The lowest BCUT2D eigenvalue weighted by atomic mass is 9.88. The SMILES string of the molecule is CCOc1cc2c(cc1OC)CCN(C(=O)c1cocn1)C2CCc1c[nH]c2ccc(OC)cc12. The first-order chi connectivity index (χ1) is 17.1. The van der Waals surface area contributed by atoms with Crippen LogP contribution >= 0.6 is 0 Å². The minimum absolute atomic E-state index is 0.135. The fraction of sp³-hybridized carbons (Fsp3) is 0.333. The minimum atomic E-state index is -0.149. The van der Waals surface area contributed by atoms with Gasteiger partial charge in [0, 0.05) is 23.6 Å². The van der Waals surface area contributed by atoms with E-state index in [0.29, 0.717) is 30.3 Å². The number of aromatic amines is 1. The van der Waals surface area contributed by atoms with Gasteiger partial charge in [0.25, 0.3) is 5.91 Å². The molecule has 1 aliphatic heterocycles. The number of nitrogens with zero attached hydrogens (tertiary/aromatic N) is 2. The van der Waals surface area contributed by atoms with Gasteiger partial charge in [0.2, 0.25) is 0 Å². The van der Waals surface area contributed by atoms with E-state index in [9.17, 15) is 4.79 Å². The molecule has 182 valence electrons. The topological polar surface area (TPSA) is 89.8 Å². The summed E-state index contributed by atoms with van der Waals surface area (Å²) in [6, 6.07) is 9.94. The number of H-pyrrole nitrogens is 1. The summed E-state index contributed by atoms with van der Waals surface area (Å²) in [6.45, 7) is 3.06. The molecule has 0 radical (unpaired) electrons. The predicted octanol–water partition coefficient (Wildman–Crippen LogP) is 4.94. The monoisotopic (exact) mass is 475 g/mol. The van der Waals surface area contributed by atoms with Crippen molar-refractivity contribution in [3.05, 3.63) is 71.6 Å². The molecule has 0 saturated heterocycles. The predicted molar refractivity (Wildman–Crippen MR) is 131 cm³/mol. The van der Waals surface area contributed by atoms with E-state index in [1.54, 1.807) is 14.2 Å². The number of oxazole rings is 1. The summed E-state index contributed by atoms with van der Waals surface area (Å²) in [7, 11) is 3.32. The van der Waals surface area contributed by atoms with Crippen LogP contribution in [-0.4, -0.2) is 48.1 Å². The Hall–Kier alpha value is -3.94. The molecule has 8 nitrogen and oxygen atoms in total. The third kappa shape index (κ3) is 4.32. The molecule has 1 unspecified atom stereocenters. The summed E-state index contributed by atoms with van der Waals surface area (Å²) in [5.74, 6) is 2.08. The van der Waals surface area contributed by atoms with E-state index in [0.717, 1.165) is 41.5 Å². The highest BCUT2D eigenvalue weighted by Gasteiger charge is 2.33. The van der Waals surface area contributed by atoms with Gasteiger partial charge in [-0.3, -0.25) is 4.79 Å². The first-order valence-electron chi connectivity index (χ1n) is 11.8. The van der Waals surface area contributed by atoms with E-state index in [1.807, 2.05) is 48.4 Å². The molecule has 0 saturated carbocycles. The molecule has 2 aromatic heterocycles. The van der Waals surface area contributed by atoms with Crippen molar-refractivity contribution >= 4 is 16.8 Å². The quantitative estimate of drug-likeness (QED) is 0.388. The summed E-state index contributed by atoms with van der Waals surface area (Å²) in [5.41, 5.74) is 4.80. The van der Waals surface area contributed by atoms with Crippen molar-refractivity contribution in [3.8, 4) is 17.2 Å². The second-order valence-electron chi connectivity index (χ2n) is 8.54. The Morgan fingerprint density at radius 2 is 2.09 bits per heavy atom. The van der Waals surface area contributed by atoms with E-state index in [2.05, 4.69) is 9.97 Å². The first kappa shape index (κ1) is 22.8. The molecule has 1 amide bonds. The number of hydrogen-bond acceptors (Lipinski definition) is 6. The van der Waals surface area contributed by atoms with Crippen LogP contribution < -0.4 is 14.2 Å². The van der Waals surface area contributed by atoms with Gasteiger partial charge in [0.15, 0.2) is 23.6 Å². The second-order valence-corrected chi connectivity index (χ2v) is 8.54. The molecule has 0 fully saturated rings. The number of carbonyl (C=O) groups excluding carboxylic acids is 1. The van der Waals surface area contributed by atoms with Crippen molar-refractivity contribution in [2.24, 2.45) is 0 Å². The van der Waals surface area contributed by atoms with E-state index in [4.69, 9.17) is 18.6 Å². The van der Waals surface area contributed by atoms with Crippen LogP contribution in [0.25, 0.3) is 10.9 Å². The molecule has 1 aliphatic rings. The molecular formula is C27H29N3O5. The number of methoxy groups -OCH3 is 2. The molecule has 0 bridgehead atoms. The van der Waals surface area contributed by atoms with Crippen molar-refractivity contribution in [3.63, 3.8) is 0 Å². The van der Waals surface area contributed by atoms with Crippen LogP contribution in [0.4, 0.5) is 0 Å². The van der Waals surface area contributed by atoms with E-state index >= 15 is 0 Å². The number of hydrogen-bond donors (Lipinski definition) is 1. The lowest BCUT2D eigenvalue weighted by Crippen LogP contribution is -2.40. The summed E-state index contributed by atoms with van der Waals surface area (Å²) >= 11 is 0. The number of fused-ring (bicyclic) bond motifs is 2. The van der Waals surface area contributed by atoms with E-state index in [-0.39, 0.29) is 11.9 Å². The summed E-state index contributed by atoms with van der Waals surface area (Å²) in [4.78, 5) is 22.8. The molecule has 0 aliphatic carbocycles. The third-order valence-corrected chi connectivity index (χ3v) is 6.66. The highest BCUT2D eigenvalue weighted by atomic mass is 16.5. The maximum absolute atomic E-state index is 13.4. The Balaban J connectivity index is 1.52. The maximum Gasteiger partial charge on any atom is 0.276 e. The van der Waals surface area contributed by atoms with Crippen molar-refractivity contribution in [1.82, 2.24) is 14.9 Å². The summed E-state index contributed by atoms with van der Waals surface area (Å²) < 4.78 is 22.0. The fourth-order valence-corrected chi connectivity index (χ4v) is 4.94. The lowest BCUT2D eigenvalue weighted by Gasteiger charge is -2.37. The minimum Gasteiger partial charge on any atom is -0.497 e. The highest BCUT2D eigenvalue weighted by molar-refractivity contribution is 5.92. The zero-order chi connectivity index (χ0) is 24.4.